The zero-order valence-corrected chi connectivity index (χ0v) is 21.7. The van der Waals surface area contributed by atoms with Crippen molar-refractivity contribution < 1.29 is 9.18 Å². The number of piperidine rings is 1. The molecule has 0 aromatic heterocycles. The van der Waals surface area contributed by atoms with E-state index < -0.39 is 18.3 Å². The number of carbonyl (C=O) groups excluding carboxylic acids is 1. The van der Waals surface area contributed by atoms with E-state index in [2.05, 4.69) is 47.8 Å². The van der Waals surface area contributed by atoms with Crippen LogP contribution in [0.5, 0.6) is 0 Å². The van der Waals surface area contributed by atoms with Gasteiger partial charge in [0.2, 0.25) is 5.91 Å². The number of halogens is 1. The fraction of sp³-hybridized carbons (Fsp3) is 0.815. The molecule has 0 spiro atoms. The van der Waals surface area contributed by atoms with Crippen LogP contribution in [-0.2, 0) is 4.79 Å². The Labute approximate surface area is 210 Å². The standard InChI is InChI=1S/C27H45FN6O/c1-4-10-27(5-2)13-21-24(25(29)34-23(27)7-6-18(28)15-32-21)26(35)33-22-16-31-12-9-20(22)19-8-11-30-14-17(19)3/h8,11,15,17-18,20-25,31,34H,4-7,9-10,12-14,16,29H2,1-3H3,(H,33,35). The maximum atomic E-state index is 14.6. The van der Waals surface area contributed by atoms with Gasteiger partial charge in [-0.3, -0.25) is 20.1 Å². The van der Waals surface area contributed by atoms with Gasteiger partial charge in [-0.05, 0) is 62.5 Å². The van der Waals surface area contributed by atoms with Gasteiger partial charge in [0.15, 0.2) is 0 Å². The van der Waals surface area contributed by atoms with Crippen molar-refractivity contribution in [2.45, 2.75) is 96.2 Å². The summed E-state index contributed by atoms with van der Waals surface area (Å²) in [4.78, 5) is 23.0. The summed E-state index contributed by atoms with van der Waals surface area (Å²) in [5, 5.41) is 10.4. The van der Waals surface area contributed by atoms with E-state index in [-0.39, 0.29) is 35.4 Å². The molecule has 0 aliphatic carbocycles. The minimum atomic E-state index is -1.08. The maximum absolute atomic E-state index is 14.6. The molecule has 2 bridgehead atoms. The molecule has 8 heteroatoms. The molecule has 0 radical (unpaired) electrons. The van der Waals surface area contributed by atoms with Gasteiger partial charge in [-0.15, -0.1) is 0 Å². The molecule has 0 saturated carbocycles. The Bertz CT molecular complexity index is 830. The number of nitrogens with zero attached hydrogens (tertiary/aromatic N) is 2. The van der Waals surface area contributed by atoms with Gasteiger partial charge in [-0.1, -0.05) is 32.8 Å². The lowest BCUT2D eigenvalue weighted by atomic mass is 9.68. The highest BCUT2D eigenvalue weighted by atomic mass is 19.1. The first-order valence-corrected chi connectivity index (χ1v) is 13.8. The molecule has 0 aromatic rings. The summed E-state index contributed by atoms with van der Waals surface area (Å²) in [6.45, 7) is 9.08. The number of nitrogens with one attached hydrogen (secondary N) is 3. The average molecular weight is 489 g/mol. The quantitative estimate of drug-likeness (QED) is 0.462. The molecule has 35 heavy (non-hydrogen) atoms. The summed E-state index contributed by atoms with van der Waals surface area (Å²) in [5.41, 5.74) is 8.05. The van der Waals surface area contributed by atoms with Gasteiger partial charge in [-0.2, -0.15) is 0 Å². The highest BCUT2D eigenvalue weighted by Gasteiger charge is 2.49. The third-order valence-corrected chi connectivity index (χ3v) is 9.03. The molecule has 5 N–H and O–H groups in total. The molecule has 0 aromatic carbocycles. The smallest absolute Gasteiger partial charge is 0.228 e. The van der Waals surface area contributed by atoms with E-state index in [9.17, 15) is 9.18 Å². The Morgan fingerprint density at radius 3 is 2.89 bits per heavy atom. The van der Waals surface area contributed by atoms with E-state index in [0.717, 1.165) is 51.7 Å². The number of dihydropyridines is 1. The zero-order chi connectivity index (χ0) is 25.0. The molecule has 9 atom stereocenters. The molecule has 9 unspecified atom stereocenters. The number of amides is 1. The largest absolute Gasteiger partial charge is 0.351 e. The molecule has 1 amide bonds. The second-order valence-electron chi connectivity index (χ2n) is 11.2. The minimum absolute atomic E-state index is 0.0132. The number of hydrogen-bond acceptors (Lipinski definition) is 6. The second kappa shape index (κ2) is 11.6. The van der Waals surface area contributed by atoms with Crippen LogP contribution in [0.25, 0.3) is 0 Å². The number of fused-ring (bicyclic) bond motifs is 3. The van der Waals surface area contributed by atoms with Crippen molar-refractivity contribution in [1.82, 2.24) is 16.0 Å². The fourth-order valence-corrected chi connectivity index (χ4v) is 7.06. The van der Waals surface area contributed by atoms with Crippen molar-refractivity contribution in [1.29, 1.82) is 0 Å². The highest BCUT2D eigenvalue weighted by molar-refractivity contribution is 5.81. The van der Waals surface area contributed by atoms with E-state index in [1.54, 1.807) is 0 Å². The molecular weight excluding hydrogens is 443 g/mol. The van der Waals surface area contributed by atoms with Crippen molar-refractivity contribution in [2.75, 3.05) is 19.6 Å². The first-order chi connectivity index (χ1) is 16.9. The topological polar surface area (TPSA) is 104 Å². The van der Waals surface area contributed by atoms with E-state index in [1.807, 2.05) is 6.21 Å². The Morgan fingerprint density at radius 2 is 2.14 bits per heavy atom. The Balaban J connectivity index is 1.60. The zero-order valence-electron chi connectivity index (χ0n) is 21.7. The summed E-state index contributed by atoms with van der Waals surface area (Å²) in [7, 11) is 0. The minimum Gasteiger partial charge on any atom is -0.351 e. The number of hydrogen-bond donors (Lipinski definition) is 4. The van der Waals surface area contributed by atoms with E-state index in [0.29, 0.717) is 18.8 Å². The fourth-order valence-electron chi connectivity index (χ4n) is 7.06. The number of nitrogens with two attached hydrogens (primary N) is 1. The van der Waals surface area contributed by atoms with Crippen molar-refractivity contribution >= 4 is 18.3 Å². The molecular formula is C27H45FN6O. The summed E-state index contributed by atoms with van der Waals surface area (Å²) in [6.07, 6.45) is 9.79. The lowest BCUT2D eigenvalue weighted by molar-refractivity contribution is -0.127. The maximum Gasteiger partial charge on any atom is 0.228 e. The predicted molar refractivity (Wildman–Crippen MR) is 141 cm³/mol. The van der Waals surface area contributed by atoms with Gasteiger partial charge in [0, 0.05) is 43.5 Å². The predicted octanol–water partition coefficient (Wildman–Crippen LogP) is 2.76. The van der Waals surface area contributed by atoms with Crippen LogP contribution in [0.4, 0.5) is 4.39 Å². The van der Waals surface area contributed by atoms with Gasteiger partial charge in [-0.25, -0.2) is 4.39 Å². The first kappa shape index (κ1) is 26.4. The molecule has 2 saturated heterocycles. The van der Waals surface area contributed by atoms with Crippen molar-refractivity contribution in [3.05, 3.63) is 11.6 Å². The summed E-state index contributed by atoms with van der Waals surface area (Å²) < 4.78 is 14.6. The van der Waals surface area contributed by atoms with E-state index >= 15 is 0 Å². The summed E-state index contributed by atoms with van der Waals surface area (Å²) in [6, 6.07) is -0.264. The van der Waals surface area contributed by atoms with Gasteiger partial charge in [0.25, 0.3) is 0 Å². The van der Waals surface area contributed by atoms with Crippen LogP contribution in [0.1, 0.15) is 65.7 Å². The van der Waals surface area contributed by atoms with Crippen LogP contribution in [0.2, 0.25) is 0 Å². The third kappa shape index (κ3) is 5.70. The van der Waals surface area contributed by atoms with Gasteiger partial charge in [0.05, 0.1) is 18.1 Å². The van der Waals surface area contributed by atoms with Gasteiger partial charge < -0.3 is 16.4 Å². The van der Waals surface area contributed by atoms with Crippen molar-refractivity contribution in [3.63, 3.8) is 0 Å². The van der Waals surface area contributed by atoms with E-state index in [1.165, 1.54) is 11.8 Å². The normalized spacial score (nSPS) is 41.9. The summed E-state index contributed by atoms with van der Waals surface area (Å²) >= 11 is 0. The van der Waals surface area contributed by atoms with Gasteiger partial charge >= 0.3 is 0 Å². The van der Waals surface area contributed by atoms with Crippen LogP contribution in [0.3, 0.4) is 0 Å². The lowest BCUT2D eigenvalue weighted by Crippen LogP contribution is -2.59. The highest BCUT2D eigenvalue weighted by Crippen LogP contribution is 2.44. The van der Waals surface area contributed by atoms with E-state index in [4.69, 9.17) is 10.7 Å². The number of rotatable bonds is 6. The monoisotopic (exact) mass is 488 g/mol. The Hall–Kier alpha value is -1.64. The molecule has 196 valence electrons. The average Bonchev–Trinajstić information content (AvgIpc) is 2.92. The Morgan fingerprint density at radius 1 is 1.31 bits per heavy atom. The van der Waals surface area contributed by atoms with Crippen LogP contribution in [0.15, 0.2) is 21.6 Å². The van der Waals surface area contributed by atoms with Crippen LogP contribution < -0.4 is 21.7 Å². The molecule has 7 nitrogen and oxygen atoms in total. The van der Waals surface area contributed by atoms with Crippen molar-refractivity contribution in [3.8, 4) is 0 Å². The van der Waals surface area contributed by atoms with Crippen LogP contribution in [0, 0.1) is 23.2 Å². The van der Waals surface area contributed by atoms with Gasteiger partial charge in [0.1, 0.15) is 6.17 Å². The number of allylic oxidation sites excluding steroid dienone is 1. The number of alkyl halides is 1. The lowest BCUT2D eigenvalue weighted by Gasteiger charge is -2.40. The number of aliphatic imine (C=N–C) groups is 2. The third-order valence-electron chi connectivity index (χ3n) is 9.03. The molecule has 4 heterocycles. The van der Waals surface area contributed by atoms with Crippen molar-refractivity contribution in [2.24, 2.45) is 38.9 Å². The molecule has 2 fully saturated rings. The first-order valence-electron chi connectivity index (χ1n) is 13.8. The number of carbonyl (C=O) groups is 1. The molecule has 4 rings (SSSR count). The second-order valence-corrected chi connectivity index (χ2v) is 11.2. The Kier molecular flexibility index (Phi) is 8.76. The molecule has 4 aliphatic heterocycles. The van der Waals surface area contributed by atoms with Crippen LogP contribution in [-0.4, -0.2) is 68.4 Å². The molecule has 4 aliphatic rings. The summed E-state index contributed by atoms with van der Waals surface area (Å²) in [5.74, 6) is 0.0458. The SMILES string of the molecule is CCCC1(CC)CC2N=CC(F)CCC1NC(N)C2C(=O)NC1CNCCC1C1=CC=NCC1C. The van der Waals surface area contributed by atoms with Crippen LogP contribution >= 0.6 is 0 Å².